The summed E-state index contributed by atoms with van der Waals surface area (Å²) in [4.78, 5) is 10.0. The minimum Gasteiger partial charge on any atom is -0.503 e. The molecule has 0 fully saturated rings. The number of hydrogen-bond donors (Lipinski definition) is 0. The molecule has 0 saturated heterocycles. The first-order valence-electron chi connectivity index (χ1n) is 20.7. The van der Waals surface area contributed by atoms with Gasteiger partial charge in [-0.15, -0.1) is 41.3 Å². The van der Waals surface area contributed by atoms with E-state index in [1.807, 2.05) is 42.9 Å². The van der Waals surface area contributed by atoms with Crippen LogP contribution in [-0.4, -0.2) is 19.1 Å². The van der Waals surface area contributed by atoms with Crippen LogP contribution in [0.5, 0.6) is 11.5 Å². The van der Waals surface area contributed by atoms with Gasteiger partial charge in [0.25, 0.3) is 0 Å². The molecule has 0 aliphatic heterocycles. The second-order valence-corrected chi connectivity index (χ2v) is 20.0. The number of aromatic nitrogens is 4. The summed E-state index contributed by atoms with van der Waals surface area (Å²) in [5.74, 6) is 2.83. The molecular weight excluding hydrogens is 916 g/mol. The van der Waals surface area contributed by atoms with Crippen molar-refractivity contribution >= 4 is 21.8 Å². The molecule has 0 aliphatic rings. The normalized spacial score (nSPS) is 12.5. The van der Waals surface area contributed by atoms with Crippen LogP contribution in [0.15, 0.2) is 122 Å². The molecule has 0 spiro atoms. The smallest absolute Gasteiger partial charge is 0.503 e. The predicted molar refractivity (Wildman–Crippen MR) is 246 cm³/mol. The van der Waals surface area contributed by atoms with Gasteiger partial charge in [-0.1, -0.05) is 143 Å². The van der Waals surface area contributed by atoms with Crippen molar-refractivity contribution in [1.29, 1.82) is 0 Å². The van der Waals surface area contributed by atoms with Crippen LogP contribution in [-0.2, 0) is 42.7 Å². The van der Waals surface area contributed by atoms with Gasteiger partial charge in [0.15, 0.2) is 0 Å². The molecule has 60 heavy (non-hydrogen) atoms. The number of nitrogens with zero attached hydrogens (tertiary/aromatic N) is 4. The Bertz CT molecular complexity index is 2820. The van der Waals surface area contributed by atoms with Gasteiger partial charge < -0.3 is 13.9 Å². The zero-order chi connectivity index (χ0) is 42.1. The molecule has 0 saturated carbocycles. The number of rotatable bonds is 6. The molecule has 0 amide bonds. The average molecular weight is 972 g/mol. The minimum absolute atomic E-state index is 0. The molecule has 0 bridgehead atoms. The first-order chi connectivity index (χ1) is 27.8. The summed E-state index contributed by atoms with van der Waals surface area (Å²) < 4.78 is 11.0. The van der Waals surface area contributed by atoms with E-state index < -0.39 is 0 Å². The number of imidazole rings is 1. The van der Waals surface area contributed by atoms with Gasteiger partial charge >= 0.3 is 21.1 Å². The Hall–Kier alpha value is -5.25. The number of ether oxygens (including phenoxy) is 1. The van der Waals surface area contributed by atoms with Gasteiger partial charge in [-0.2, -0.15) is 6.07 Å². The third kappa shape index (κ3) is 8.39. The van der Waals surface area contributed by atoms with E-state index in [0.717, 1.165) is 50.3 Å². The van der Waals surface area contributed by atoms with Crippen molar-refractivity contribution in [3.05, 3.63) is 156 Å². The second-order valence-electron chi connectivity index (χ2n) is 20.0. The van der Waals surface area contributed by atoms with Crippen LogP contribution in [0.3, 0.4) is 0 Å². The maximum absolute atomic E-state index is 6.60. The Morgan fingerprint density at radius 3 is 1.92 bits per heavy atom. The van der Waals surface area contributed by atoms with Crippen molar-refractivity contribution in [2.24, 2.45) is 0 Å². The second kappa shape index (κ2) is 15.7. The Balaban J connectivity index is 0.00000544. The summed E-state index contributed by atoms with van der Waals surface area (Å²) in [5.41, 5.74) is 11.2. The van der Waals surface area contributed by atoms with Crippen molar-refractivity contribution < 1.29 is 25.8 Å². The summed E-state index contributed by atoms with van der Waals surface area (Å²) in [6, 6.07) is 43.8. The number of fused-ring (bicyclic) bond motifs is 3. The number of pyridine rings is 1. The molecule has 3 heterocycles. The quantitative estimate of drug-likeness (QED) is 0.156. The molecule has 0 radical (unpaired) electrons. The van der Waals surface area contributed by atoms with Crippen molar-refractivity contribution in [2.45, 2.75) is 105 Å². The molecule has 8 aromatic rings. The van der Waals surface area contributed by atoms with Crippen LogP contribution in [0.2, 0.25) is 0 Å². The summed E-state index contributed by atoms with van der Waals surface area (Å²) in [6.07, 6.45) is 5.93. The van der Waals surface area contributed by atoms with Crippen LogP contribution in [0, 0.1) is 12.1 Å². The Morgan fingerprint density at radius 1 is 0.567 bits per heavy atom. The number of para-hydroxylation sites is 1. The molecule has 5 nitrogen and oxygen atoms in total. The van der Waals surface area contributed by atoms with E-state index in [0.29, 0.717) is 11.5 Å². The predicted octanol–water partition coefficient (Wildman–Crippen LogP) is 14.3. The van der Waals surface area contributed by atoms with Crippen LogP contribution in [0.25, 0.3) is 55.8 Å². The summed E-state index contributed by atoms with van der Waals surface area (Å²) in [6.45, 7) is 27.2. The van der Waals surface area contributed by atoms with Gasteiger partial charge in [-0.05, 0) is 79.1 Å². The maximum Gasteiger partial charge on any atom is 2.00 e. The van der Waals surface area contributed by atoms with E-state index in [1.165, 1.54) is 27.8 Å². The van der Waals surface area contributed by atoms with Gasteiger partial charge in [-0.25, -0.2) is 4.98 Å². The molecule has 8 rings (SSSR count). The van der Waals surface area contributed by atoms with Crippen molar-refractivity contribution in [1.82, 2.24) is 19.1 Å². The summed E-state index contributed by atoms with van der Waals surface area (Å²) in [7, 11) is 0. The SMILES string of the molecule is CC(C)(C)c1cccc(-c2cnc(-n3c4[c-]c(Oc5[c-]c(-c6nccn6-c6cc(C(C)(C)C)cc(C(C)(C)C)c6)ccc5)ccc4c4ccccc43)cc2C(C)(C)C)c1.[Pt+2]. The van der Waals surface area contributed by atoms with E-state index in [1.54, 1.807) is 0 Å². The van der Waals surface area contributed by atoms with Crippen molar-refractivity contribution in [2.75, 3.05) is 0 Å². The number of benzene rings is 5. The molecule has 0 N–H and O–H groups in total. The molecule has 6 heteroatoms. The van der Waals surface area contributed by atoms with Crippen LogP contribution < -0.4 is 4.74 Å². The summed E-state index contributed by atoms with van der Waals surface area (Å²) in [5, 5.41) is 2.22. The topological polar surface area (TPSA) is 44.9 Å². The van der Waals surface area contributed by atoms with E-state index >= 15 is 0 Å². The molecule has 0 atom stereocenters. The maximum atomic E-state index is 6.60. The molecule has 308 valence electrons. The Kier molecular flexibility index (Phi) is 11.2. The monoisotopic (exact) mass is 971 g/mol. The Labute approximate surface area is 371 Å². The fourth-order valence-corrected chi connectivity index (χ4v) is 7.83. The van der Waals surface area contributed by atoms with Crippen LogP contribution in [0.1, 0.15) is 105 Å². The van der Waals surface area contributed by atoms with Crippen LogP contribution in [0.4, 0.5) is 0 Å². The van der Waals surface area contributed by atoms with E-state index in [2.05, 4.69) is 183 Å². The van der Waals surface area contributed by atoms with E-state index in [9.17, 15) is 0 Å². The van der Waals surface area contributed by atoms with Gasteiger partial charge in [0.2, 0.25) is 0 Å². The van der Waals surface area contributed by atoms with Crippen molar-refractivity contribution in [3.8, 4) is 45.5 Å². The molecule has 5 aromatic carbocycles. The fourth-order valence-electron chi connectivity index (χ4n) is 7.83. The van der Waals surface area contributed by atoms with Gasteiger partial charge in [0.05, 0.1) is 5.82 Å². The first kappa shape index (κ1) is 42.9. The standard InChI is InChI=1S/C54H56N4O.Pt/c1-51(2,3)37-19-15-17-35(27-37)45-34-56-49(33-46(45)54(10,11)12)58-47-22-14-13-21-43(47)44-24-23-42(32-48(44)58)59-41-20-16-18-36(28-41)50-55-25-26-57(50)40-30-38(52(4,5)6)29-39(31-40)53(7,8)9;/h13-27,29-31,33-34H,1-12H3;/q-2;+2. The zero-order valence-electron chi connectivity index (χ0n) is 37.1. The van der Waals surface area contributed by atoms with Gasteiger partial charge in [0, 0.05) is 46.9 Å². The van der Waals surface area contributed by atoms with E-state index in [4.69, 9.17) is 14.7 Å². The van der Waals surface area contributed by atoms with Gasteiger partial charge in [-0.3, -0.25) is 4.98 Å². The summed E-state index contributed by atoms with van der Waals surface area (Å²) >= 11 is 0. The van der Waals surface area contributed by atoms with Crippen LogP contribution >= 0.6 is 0 Å². The molecular formula is C54H56N4OPt. The molecule has 0 aliphatic carbocycles. The van der Waals surface area contributed by atoms with E-state index in [-0.39, 0.29) is 42.7 Å². The minimum atomic E-state index is -0.138. The van der Waals surface area contributed by atoms with Crippen molar-refractivity contribution in [3.63, 3.8) is 0 Å². The zero-order valence-corrected chi connectivity index (χ0v) is 39.3. The molecule has 0 unspecified atom stereocenters. The first-order valence-corrected chi connectivity index (χ1v) is 20.7. The Morgan fingerprint density at radius 2 is 1.23 bits per heavy atom. The molecule has 3 aromatic heterocycles. The average Bonchev–Trinajstić information content (AvgIpc) is 3.80. The third-order valence-corrected chi connectivity index (χ3v) is 11.3. The largest absolute Gasteiger partial charge is 2.00 e. The fraction of sp³-hybridized carbons (Fsp3) is 0.296. The van der Waals surface area contributed by atoms with Gasteiger partial charge in [0.1, 0.15) is 5.82 Å². The third-order valence-electron chi connectivity index (χ3n) is 11.3. The number of hydrogen-bond acceptors (Lipinski definition) is 3.